The van der Waals surface area contributed by atoms with Crippen LogP contribution in [0.3, 0.4) is 0 Å². The summed E-state index contributed by atoms with van der Waals surface area (Å²) in [5, 5.41) is 21.3. The Bertz CT molecular complexity index is 166. The molecule has 4 unspecified atom stereocenters. The SMILES string of the molecule is CCC1NCC(O)C(O)C1C(F)F. The van der Waals surface area contributed by atoms with Crippen molar-refractivity contribution in [3.05, 3.63) is 0 Å². The van der Waals surface area contributed by atoms with Crippen molar-refractivity contribution in [2.45, 2.75) is 38.0 Å². The summed E-state index contributed by atoms with van der Waals surface area (Å²) >= 11 is 0. The Morgan fingerprint density at radius 3 is 2.54 bits per heavy atom. The molecule has 0 amide bonds. The van der Waals surface area contributed by atoms with Gasteiger partial charge in [0.15, 0.2) is 0 Å². The van der Waals surface area contributed by atoms with Gasteiger partial charge in [-0.05, 0) is 6.42 Å². The van der Waals surface area contributed by atoms with Crippen LogP contribution in [0.5, 0.6) is 0 Å². The highest BCUT2D eigenvalue weighted by Gasteiger charge is 2.41. The van der Waals surface area contributed by atoms with Crippen LogP contribution in [-0.2, 0) is 0 Å². The zero-order valence-electron chi connectivity index (χ0n) is 7.45. The van der Waals surface area contributed by atoms with Crippen LogP contribution in [0.4, 0.5) is 8.78 Å². The fraction of sp³-hybridized carbons (Fsp3) is 1.00. The maximum absolute atomic E-state index is 12.5. The third-order valence-electron chi connectivity index (χ3n) is 2.57. The lowest BCUT2D eigenvalue weighted by atomic mass is 9.85. The van der Waals surface area contributed by atoms with E-state index in [4.69, 9.17) is 5.11 Å². The van der Waals surface area contributed by atoms with Crippen molar-refractivity contribution < 1.29 is 19.0 Å². The standard InChI is InChI=1S/C8H15F2NO2/c1-2-4-6(8(9)10)7(13)5(12)3-11-4/h4-8,11-13H,2-3H2,1H3. The second-order valence-electron chi connectivity index (χ2n) is 3.39. The largest absolute Gasteiger partial charge is 0.390 e. The van der Waals surface area contributed by atoms with Crippen molar-refractivity contribution in [2.75, 3.05) is 6.54 Å². The molecule has 1 aliphatic heterocycles. The van der Waals surface area contributed by atoms with Crippen molar-refractivity contribution in [1.29, 1.82) is 0 Å². The van der Waals surface area contributed by atoms with Gasteiger partial charge in [-0.1, -0.05) is 6.92 Å². The molecule has 0 radical (unpaired) electrons. The van der Waals surface area contributed by atoms with Crippen molar-refractivity contribution >= 4 is 0 Å². The van der Waals surface area contributed by atoms with Gasteiger partial charge in [0.05, 0.1) is 18.1 Å². The Morgan fingerprint density at radius 2 is 2.08 bits per heavy atom. The number of aliphatic hydroxyl groups excluding tert-OH is 2. The van der Waals surface area contributed by atoms with Crippen LogP contribution in [-0.4, -0.2) is 41.4 Å². The normalized spacial score (nSPS) is 41.1. The molecule has 0 aliphatic carbocycles. The third-order valence-corrected chi connectivity index (χ3v) is 2.57. The predicted molar refractivity (Wildman–Crippen MR) is 43.6 cm³/mol. The summed E-state index contributed by atoms with van der Waals surface area (Å²) < 4.78 is 24.9. The zero-order chi connectivity index (χ0) is 10.0. The van der Waals surface area contributed by atoms with Gasteiger partial charge in [-0.15, -0.1) is 0 Å². The lowest BCUT2D eigenvalue weighted by Crippen LogP contribution is -2.58. The first-order valence-corrected chi connectivity index (χ1v) is 4.45. The van der Waals surface area contributed by atoms with Gasteiger partial charge in [0.25, 0.3) is 0 Å². The number of piperidine rings is 1. The molecule has 0 aromatic heterocycles. The minimum atomic E-state index is -2.60. The molecule has 0 bridgehead atoms. The highest BCUT2D eigenvalue weighted by Crippen LogP contribution is 2.25. The van der Waals surface area contributed by atoms with E-state index in [1.807, 2.05) is 0 Å². The first-order valence-electron chi connectivity index (χ1n) is 4.45. The highest BCUT2D eigenvalue weighted by molar-refractivity contribution is 4.92. The lowest BCUT2D eigenvalue weighted by Gasteiger charge is -2.38. The second-order valence-corrected chi connectivity index (χ2v) is 3.39. The molecule has 0 spiro atoms. The number of rotatable bonds is 2. The number of alkyl halides is 2. The summed E-state index contributed by atoms with van der Waals surface area (Å²) in [6.45, 7) is 1.96. The molecular weight excluding hydrogens is 180 g/mol. The van der Waals surface area contributed by atoms with E-state index in [0.717, 1.165) is 0 Å². The minimum Gasteiger partial charge on any atom is -0.390 e. The molecular formula is C8H15F2NO2. The van der Waals surface area contributed by atoms with E-state index < -0.39 is 30.6 Å². The minimum absolute atomic E-state index is 0.183. The first kappa shape index (κ1) is 10.8. The fourth-order valence-corrected chi connectivity index (χ4v) is 1.76. The van der Waals surface area contributed by atoms with Gasteiger partial charge in [-0.2, -0.15) is 0 Å². The predicted octanol–water partition coefficient (Wildman–Crippen LogP) is -0.0287. The van der Waals surface area contributed by atoms with E-state index in [-0.39, 0.29) is 6.54 Å². The Morgan fingerprint density at radius 1 is 1.46 bits per heavy atom. The Hall–Kier alpha value is -0.260. The Balaban J connectivity index is 2.68. The van der Waals surface area contributed by atoms with E-state index in [1.165, 1.54) is 0 Å². The number of nitrogens with one attached hydrogen (secondary N) is 1. The monoisotopic (exact) mass is 195 g/mol. The third kappa shape index (κ3) is 2.15. The molecule has 0 aromatic carbocycles. The number of hydrogen-bond acceptors (Lipinski definition) is 3. The molecule has 1 aliphatic rings. The molecule has 4 atom stereocenters. The molecule has 3 nitrogen and oxygen atoms in total. The molecule has 3 N–H and O–H groups in total. The summed E-state index contributed by atoms with van der Waals surface area (Å²) in [7, 11) is 0. The quantitative estimate of drug-likeness (QED) is 0.580. The molecule has 5 heteroatoms. The van der Waals surface area contributed by atoms with Crippen molar-refractivity contribution in [3.63, 3.8) is 0 Å². The fourth-order valence-electron chi connectivity index (χ4n) is 1.76. The van der Waals surface area contributed by atoms with Crippen molar-refractivity contribution in [1.82, 2.24) is 5.32 Å². The maximum atomic E-state index is 12.5. The molecule has 1 fully saturated rings. The number of aliphatic hydroxyl groups is 2. The second kappa shape index (κ2) is 4.30. The molecule has 1 rings (SSSR count). The van der Waals surface area contributed by atoms with Gasteiger partial charge < -0.3 is 15.5 Å². The lowest BCUT2D eigenvalue weighted by molar-refractivity contribution is -0.103. The highest BCUT2D eigenvalue weighted by atomic mass is 19.3. The van der Waals surface area contributed by atoms with Crippen LogP contribution in [0, 0.1) is 5.92 Å². The maximum Gasteiger partial charge on any atom is 0.245 e. The zero-order valence-corrected chi connectivity index (χ0v) is 7.45. The first-order chi connectivity index (χ1) is 6.07. The number of β-amino-alcohol motifs (C(OH)–C–C–N with tert-alkyl or cyclic N) is 1. The Kier molecular flexibility index (Phi) is 3.58. The Labute approximate surface area is 75.8 Å². The van der Waals surface area contributed by atoms with Crippen molar-refractivity contribution in [2.24, 2.45) is 5.92 Å². The molecule has 78 valence electrons. The summed E-state index contributed by atoms with van der Waals surface area (Å²) in [5.41, 5.74) is 0. The van der Waals surface area contributed by atoms with Gasteiger partial charge >= 0.3 is 0 Å². The van der Waals surface area contributed by atoms with E-state index >= 15 is 0 Å². The molecule has 1 saturated heterocycles. The van der Waals surface area contributed by atoms with E-state index in [1.54, 1.807) is 6.92 Å². The average molecular weight is 195 g/mol. The summed E-state index contributed by atoms with van der Waals surface area (Å²) in [6, 6.07) is -0.404. The van der Waals surface area contributed by atoms with Gasteiger partial charge in [0, 0.05) is 12.6 Å². The van der Waals surface area contributed by atoms with Crippen LogP contribution in [0.1, 0.15) is 13.3 Å². The number of halogens is 2. The smallest absolute Gasteiger partial charge is 0.245 e. The topological polar surface area (TPSA) is 52.5 Å². The van der Waals surface area contributed by atoms with E-state index in [9.17, 15) is 13.9 Å². The van der Waals surface area contributed by atoms with Gasteiger partial charge in [0.2, 0.25) is 6.43 Å². The average Bonchev–Trinajstić information content (AvgIpc) is 2.08. The summed E-state index contributed by atoms with van der Waals surface area (Å²) in [6.07, 6.45) is -4.46. The van der Waals surface area contributed by atoms with E-state index in [2.05, 4.69) is 5.32 Å². The molecule has 13 heavy (non-hydrogen) atoms. The molecule has 0 aromatic rings. The van der Waals surface area contributed by atoms with Gasteiger partial charge in [0.1, 0.15) is 0 Å². The van der Waals surface area contributed by atoms with Gasteiger partial charge in [-0.3, -0.25) is 0 Å². The van der Waals surface area contributed by atoms with Crippen molar-refractivity contribution in [3.8, 4) is 0 Å². The summed E-state index contributed by atoms with van der Waals surface area (Å²) in [4.78, 5) is 0. The molecule has 1 heterocycles. The van der Waals surface area contributed by atoms with Crippen LogP contribution >= 0.6 is 0 Å². The van der Waals surface area contributed by atoms with Crippen LogP contribution in [0.25, 0.3) is 0 Å². The van der Waals surface area contributed by atoms with Crippen LogP contribution in [0.15, 0.2) is 0 Å². The van der Waals surface area contributed by atoms with Gasteiger partial charge in [-0.25, -0.2) is 8.78 Å². The van der Waals surface area contributed by atoms with E-state index in [0.29, 0.717) is 6.42 Å². The van der Waals surface area contributed by atoms with Crippen LogP contribution in [0.2, 0.25) is 0 Å². The molecule has 0 saturated carbocycles. The summed E-state index contributed by atoms with van der Waals surface area (Å²) in [5.74, 6) is -1.16. The van der Waals surface area contributed by atoms with Crippen LogP contribution < -0.4 is 5.32 Å². The number of hydrogen-bond donors (Lipinski definition) is 3.